The molecule has 12 heavy (non-hydrogen) atoms. The van der Waals surface area contributed by atoms with Crippen molar-refractivity contribution in [2.45, 2.75) is 12.8 Å². The summed E-state index contributed by atoms with van der Waals surface area (Å²) >= 11 is 0. The Morgan fingerprint density at radius 2 is 2.08 bits per heavy atom. The van der Waals surface area contributed by atoms with Crippen LogP contribution in [0.4, 0.5) is 0 Å². The molecule has 1 N–H and O–H groups in total. The third kappa shape index (κ3) is 1.56. The SMILES string of the molecule is CC(C(=O)[O-])c1ccccc1O. The smallest absolute Gasteiger partial charge is 0.119 e. The van der Waals surface area contributed by atoms with E-state index in [-0.39, 0.29) is 5.75 Å². The van der Waals surface area contributed by atoms with Crippen molar-refractivity contribution < 1.29 is 15.0 Å². The van der Waals surface area contributed by atoms with Gasteiger partial charge in [-0.1, -0.05) is 25.1 Å². The van der Waals surface area contributed by atoms with E-state index in [4.69, 9.17) is 0 Å². The molecule has 0 aliphatic carbocycles. The molecule has 0 saturated carbocycles. The Kier molecular flexibility index (Phi) is 2.33. The zero-order chi connectivity index (χ0) is 9.14. The van der Waals surface area contributed by atoms with Gasteiger partial charge in [-0.25, -0.2) is 0 Å². The molecule has 0 bridgehead atoms. The molecule has 1 rings (SSSR count). The van der Waals surface area contributed by atoms with Crippen molar-refractivity contribution in [3.63, 3.8) is 0 Å². The van der Waals surface area contributed by atoms with Gasteiger partial charge in [0, 0.05) is 17.5 Å². The normalized spacial score (nSPS) is 12.4. The van der Waals surface area contributed by atoms with E-state index >= 15 is 0 Å². The van der Waals surface area contributed by atoms with E-state index < -0.39 is 11.9 Å². The molecule has 0 radical (unpaired) electrons. The minimum Gasteiger partial charge on any atom is -0.550 e. The highest BCUT2D eigenvalue weighted by atomic mass is 16.4. The summed E-state index contributed by atoms with van der Waals surface area (Å²) in [6.07, 6.45) is 0. The molecule has 3 nitrogen and oxygen atoms in total. The second-order valence-electron chi connectivity index (χ2n) is 2.60. The maximum absolute atomic E-state index is 10.4. The average Bonchev–Trinajstić information content (AvgIpc) is 2.04. The first kappa shape index (κ1) is 8.59. The van der Waals surface area contributed by atoms with Gasteiger partial charge < -0.3 is 15.0 Å². The van der Waals surface area contributed by atoms with Gasteiger partial charge >= 0.3 is 0 Å². The van der Waals surface area contributed by atoms with Crippen LogP contribution in [0, 0.1) is 0 Å². The van der Waals surface area contributed by atoms with Crippen molar-refractivity contribution in [2.24, 2.45) is 0 Å². The van der Waals surface area contributed by atoms with Gasteiger partial charge in [0.1, 0.15) is 5.75 Å². The van der Waals surface area contributed by atoms with Crippen LogP contribution < -0.4 is 5.11 Å². The Bertz CT molecular complexity index is 294. The van der Waals surface area contributed by atoms with Crippen molar-refractivity contribution in [3.05, 3.63) is 29.8 Å². The maximum atomic E-state index is 10.4. The van der Waals surface area contributed by atoms with Crippen molar-refractivity contribution in [1.82, 2.24) is 0 Å². The van der Waals surface area contributed by atoms with Crippen LogP contribution in [0.2, 0.25) is 0 Å². The molecule has 0 fully saturated rings. The summed E-state index contributed by atoms with van der Waals surface area (Å²) < 4.78 is 0. The number of aliphatic carboxylic acids is 1. The topological polar surface area (TPSA) is 60.4 Å². The zero-order valence-corrected chi connectivity index (χ0v) is 6.65. The number of benzene rings is 1. The second kappa shape index (κ2) is 3.26. The number of carboxylic acids is 1. The lowest BCUT2D eigenvalue weighted by Crippen LogP contribution is -2.27. The predicted octanol–water partition coefficient (Wildman–Crippen LogP) is 0.246. The maximum Gasteiger partial charge on any atom is 0.119 e. The summed E-state index contributed by atoms with van der Waals surface area (Å²) in [5, 5.41) is 19.7. The van der Waals surface area contributed by atoms with Gasteiger partial charge in [0.2, 0.25) is 0 Å². The fourth-order valence-corrected chi connectivity index (χ4v) is 0.981. The van der Waals surface area contributed by atoms with Crippen LogP contribution in [-0.4, -0.2) is 11.1 Å². The molecule has 64 valence electrons. The zero-order valence-electron chi connectivity index (χ0n) is 6.65. The van der Waals surface area contributed by atoms with E-state index in [0.29, 0.717) is 5.56 Å². The Morgan fingerprint density at radius 3 is 2.58 bits per heavy atom. The molecule has 0 aliphatic rings. The number of carbonyl (C=O) groups excluding carboxylic acids is 1. The predicted molar refractivity (Wildman–Crippen MR) is 41.5 cm³/mol. The van der Waals surface area contributed by atoms with E-state index in [1.807, 2.05) is 0 Å². The van der Waals surface area contributed by atoms with Gasteiger partial charge in [-0.15, -0.1) is 0 Å². The van der Waals surface area contributed by atoms with Gasteiger partial charge in [0.05, 0.1) is 0 Å². The first-order chi connectivity index (χ1) is 5.63. The Labute approximate surface area is 70.3 Å². The summed E-state index contributed by atoms with van der Waals surface area (Å²) in [7, 11) is 0. The number of carboxylic acid groups (broad SMARTS) is 1. The van der Waals surface area contributed by atoms with Crippen molar-refractivity contribution in [3.8, 4) is 5.75 Å². The van der Waals surface area contributed by atoms with Gasteiger partial charge in [0.15, 0.2) is 0 Å². The van der Waals surface area contributed by atoms with E-state index in [9.17, 15) is 15.0 Å². The van der Waals surface area contributed by atoms with Crippen LogP contribution in [0.3, 0.4) is 0 Å². The van der Waals surface area contributed by atoms with Crippen LogP contribution in [0.1, 0.15) is 18.4 Å². The first-order valence-electron chi connectivity index (χ1n) is 3.61. The van der Waals surface area contributed by atoms with Gasteiger partial charge in [-0.3, -0.25) is 0 Å². The minimum atomic E-state index is -1.18. The monoisotopic (exact) mass is 165 g/mol. The van der Waals surface area contributed by atoms with Crippen LogP contribution in [0.15, 0.2) is 24.3 Å². The molecular weight excluding hydrogens is 156 g/mol. The van der Waals surface area contributed by atoms with E-state index in [1.165, 1.54) is 13.0 Å². The fourth-order valence-electron chi connectivity index (χ4n) is 0.981. The lowest BCUT2D eigenvalue weighted by Gasteiger charge is -2.13. The Hall–Kier alpha value is -1.51. The fraction of sp³-hybridized carbons (Fsp3) is 0.222. The van der Waals surface area contributed by atoms with Crippen LogP contribution in [0.5, 0.6) is 5.75 Å². The first-order valence-corrected chi connectivity index (χ1v) is 3.61. The summed E-state index contributed by atoms with van der Waals surface area (Å²) in [6, 6.07) is 6.33. The molecule has 1 aromatic rings. The number of hydrogen-bond donors (Lipinski definition) is 1. The highest BCUT2D eigenvalue weighted by molar-refractivity contribution is 5.74. The molecule has 1 unspecified atom stereocenters. The number of phenols is 1. The van der Waals surface area contributed by atoms with Gasteiger partial charge in [0.25, 0.3) is 0 Å². The van der Waals surface area contributed by atoms with E-state index in [2.05, 4.69) is 0 Å². The summed E-state index contributed by atoms with van der Waals surface area (Å²) in [5.41, 5.74) is 0.387. The van der Waals surface area contributed by atoms with Gasteiger partial charge in [-0.05, 0) is 6.07 Å². The van der Waals surface area contributed by atoms with Crippen molar-refractivity contribution in [1.29, 1.82) is 0 Å². The molecule has 1 aromatic carbocycles. The molecule has 0 amide bonds. The summed E-state index contributed by atoms with van der Waals surface area (Å²) in [5.74, 6) is -1.96. The standard InChI is InChI=1S/C9H10O3/c1-6(9(11)12)7-4-2-3-5-8(7)10/h2-6,10H,1H3,(H,11,12)/p-1. The quantitative estimate of drug-likeness (QED) is 0.683. The van der Waals surface area contributed by atoms with Crippen LogP contribution >= 0.6 is 0 Å². The molecule has 0 heterocycles. The van der Waals surface area contributed by atoms with Crippen LogP contribution in [-0.2, 0) is 4.79 Å². The molecule has 0 aromatic heterocycles. The number of para-hydroxylation sites is 1. The van der Waals surface area contributed by atoms with E-state index in [0.717, 1.165) is 0 Å². The minimum absolute atomic E-state index is 0.00537. The molecular formula is C9H9O3-. The molecule has 0 saturated heterocycles. The summed E-state index contributed by atoms with van der Waals surface area (Å²) in [4.78, 5) is 10.4. The third-order valence-electron chi connectivity index (χ3n) is 1.76. The third-order valence-corrected chi connectivity index (χ3v) is 1.76. The van der Waals surface area contributed by atoms with E-state index in [1.54, 1.807) is 18.2 Å². The number of hydrogen-bond acceptors (Lipinski definition) is 3. The lowest BCUT2D eigenvalue weighted by atomic mass is 10.0. The van der Waals surface area contributed by atoms with Crippen LogP contribution in [0.25, 0.3) is 0 Å². The number of aromatic hydroxyl groups is 1. The number of phenolic OH excluding ortho intramolecular Hbond substituents is 1. The molecule has 0 aliphatic heterocycles. The highest BCUT2D eigenvalue weighted by Gasteiger charge is 2.09. The largest absolute Gasteiger partial charge is 0.550 e. The van der Waals surface area contributed by atoms with Crippen molar-refractivity contribution >= 4 is 5.97 Å². The molecule has 3 heteroatoms. The van der Waals surface area contributed by atoms with Crippen molar-refractivity contribution in [2.75, 3.05) is 0 Å². The average molecular weight is 165 g/mol. The summed E-state index contributed by atoms with van der Waals surface area (Å²) in [6.45, 7) is 1.48. The molecule has 0 spiro atoms. The Morgan fingerprint density at radius 1 is 1.50 bits per heavy atom. The number of rotatable bonds is 2. The highest BCUT2D eigenvalue weighted by Crippen LogP contribution is 2.24. The number of carbonyl (C=O) groups is 1. The molecule has 1 atom stereocenters. The Balaban J connectivity index is 3.02. The second-order valence-corrected chi connectivity index (χ2v) is 2.60. The lowest BCUT2D eigenvalue weighted by molar-refractivity contribution is -0.307. The van der Waals surface area contributed by atoms with Gasteiger partial charge in [-0.2, -0.15) is 0 Å².